The van der Waals surface area contributed by atoms with Crippen LogP contribution in [0.1, 0.15) is 26.2 Å². The fraction of sp³-hybridized carbons (Fsp3) is 0.900. The third-order valence-electron chi connectivity index (χ3n) is 2.64. The van der Waals surface area contributed by atoms with Crippen LogP contribution in [0.15, 0.2) is 0 Å². The molecule has 1 unspecified atom stereocenters. The summed E-state index contributed by atoms with van der Waals surface area (Å²) in [4.78, 5) is 13.5. The van der Waals surface area contributed by atoms with E-state index < -0.39 is 0 Å². The molecule has 1 aliphatic rings. The van der Waals surface area contributed by atoms with Crippen molar-refractivity contribution in [2.75, 3.05) is 26.2 Å². The summed E-state index contributed by atoms with van der Waals surface area (Å²) in [7, 11) is 0. The monoisotopic (exact) mass is 199 g/mol. The first-order chi connectivity index (χ1) is 6.74. The van der Waals surface area contributed by atoms with E-state index in [1.54, 1.807) is 0 Å². The molecule has 82 valence electrons. The topological polar surface area (TPSA) is 58.4 Å². The van der Waals surface area contributed by atoms with Crippen molar-refractivity contribution in [1.29, 1.82) is 0 Å². The predicted molar refractivity (Wildman–Crippen MR) is 57.0 cm³/mol. The van der Waals surface area contributed by atoms with E-state index in [9.17, 15) is 4.79 Å². The third-order valence-corrected chi connectivity index (χ3v) is 2.64. The summed E-state index contributed by atoms with van der Waals surface area (Å²) in [6.45, 7) is 5.29. The lowest BCUT2D eigenvalue weighted by molar-refractivity contribution is -0.130. The van der Waals surface area contributed by atoms with Gasteiger partial charge in [-0.05, 0) is 19.8 Å². The van der Waals surface area contributed by atoms with Crippen molar-refractivity contribution < 1.29 is 4.79 Å². The van der Waals surface area contributed by atoms with E-state index in [1.807, 2.05) is 11.8 Å². The van der Waals surface area contributed by atoms with Gasteiger partial charge in [-0.25, -0.2) is 0 Å². The predicted octanol–water partition coefficient (Wildman–Crippen LogP) is -0.0643. The molecule has 1 amide bonds. The van der Waals surface area contributed by atoms with E-state index in [-0.39, 0.29) is 5.91 Å². The molecule has 0 bridgehead atoms. The summed E-state index contributed by atoms with van der Waals surface area (Å²) in [6, 6.07) is 0.307. The van der Waals surface area contributed by atoms with Crippen molar-refractivity contribution in [2.45, 2.75) is 32.2 Å². The van der Waals surface area contributed by atoms with E-state index in [4.69, 9.17) is 5.73 Å². The van der Waals surface area contributed by atoms with Gasteiger partial charge in [-0.1, -0.05) is 0 Å². The van der Waals surface area contributed by atoms with Gasteiger partial charge in [0.15, 0.2) is 0 Å². The Morgan fingerprint density at radius 1 is 1.50 bits per heavy atom. The molecule has 0 radical (unpaired) electrons. The minimum atomic E-state index is 0.277. The Kier molecular flexibility index (Phi) is 4.90. The van der Waals surface area contributed by atoms with Gasteiger partial charge < -0.3 is 16.0 Å². The largest absolute Gasteiger partial charge is 0.343 e. The Morgan fingerprint density at radius 3 is 2.71 bits per heavy atom. The van der Waals surface area contributed by atoms with Crippen LogP contribution in [0.4, 0.5) is 0 Å². The van der Waals surface area contributed by atoms with Crippen LogP contribution in [0.2, 0.25) is 0 Å². The summed E-state index contributed by atoms with van der Waals surface area (Å²) in [5, 5.41) is 3.21. The van der Waals surface area contributed by atoms with Crippen molar-refractivity contribution in [3.8, 4) is 0 Å². The minimum absolute atomic E-state index is 0.277. The molecule has 1 fully saturated rings. The second-order valence-corrected chi connectivity index (χ2v) is 3.93. The summed E-state index contributed by atoms with van der Waals surface area (Å²) >= 11 is 0. The molecule has 0 saturated carbocycles. The Hall–Kier alpha value is -0.610. The molecule has 14 heavy (non-hydrogen) atoms. The van der Waals surface area contributed by atoms with Crippen molar-refractivity contribution >= 4 is 5.91 Å². The van der Waals surface area contributed by atoms with Crippen LogP contribution in [0.5, 0.6) is 0 Å². The SMILES string of the molecule is CC(CN)NCCC(=O)N1CCCC1. The average Bonchev–Trinajstić information content (AvgIpc) is 2.70. The Morgan fingerprint density at radius 2 is 2.14 bits per heavy atom. The smallest absolute Gasteiger partial charge is 0.223 e. The highest BCUT2D eigenvalue weighted by Crippen LogP contribution is 2.08. The van der Waals surface area contributed by atoms with Crippen LogP contribution >= 0.6 is 0 Å². The molecule has 0 aromatic heterocycles. The molecule has 4 heteroatoms. The molecule has 1 saturated heterocycles. The highest BCUT2D eigenvalue weighted by molar-refractivity contribution is 5.76. The quantitative estimate of drug-likeness (QED) is 0.652. The van der Waals surface area contributed by atoms with Gasteiger partial charge in [-0.2, -0.15) is 0 Å². The van der Waals surface area contributed by atoms with E-state index in [0.717, 1.165) is 19.6 Å². The molecule has 4 nitrogen and oxygen atoms in total. The van der Waals surface area contributed by atoms with Crippen LogP contribution in [0, 0.1) is 0 Å². The maximum atomic E-state index is 11.6. The number of carbonyl (C=O) groups is 1. The lowest BCUT2D eigenvalue weighted by atomic mass is 10.3. The van der Waals surface area contributed by atoms with Gasteiger partial charge >= 0.3 is 0 Å². The lowest BCUT2D eigenvalue weighted by Gasteiger charge is -2.16. The molecule has 0 aliphatic carbocycles. The van der Waals surface area contributed by atoms with Crippen LogP contribution in [-0.4, -0.2) is 43.0 Å². The number of hydrogen-bond donors (Lipinski definition) is 2. The third kappa shape index (κ3) is 3.64. The summed E-state index contributed by atoms with van der Waals surface area (Å²) < 4.78 is 0. The normalized spacial score (nSPS) is 18.6. The highest BCUT2D eigenvalue weighted by Gasteiger charge is 2.16. The summed E-state index contributed by atoms with van der Waals surface area (Å²) in [5.74, 6) is 0.277. The molecule has 1 rings (SSSR count). The minimum Gasteiger partial charge on any atom is -0.343 e. The Bertz CT molecular complexity index is 178. The number of rotatable bonds is 5. The van der Waals surface area contributed by atoms with Gasteiger partial charge in [0.2, 0.25) is 5.91 Å². The average molecular weight is 199 g/mol. The van der Waals surface area contributed by atoms with Gasteiger partial charge in [0, 0.05) is 38.6 Å². The first kappa shape index (κ1) is 11.5. The zero-order valence-electron chi connectivity index (χ0n) is 8.96. The molecule has 0 spiro atoms. The van der Waals surface area contributed by atoms with Crippen molar-refractivity contribution in [2.24, 2.45) is 5.73 Å². The zero-order valence-corrected chi connectivity index (χ0v) is 8.96. The first-order valence-electron chi connectivity index (χ1n) is 5.45. The summed E-state index contributed by atoms with van der Waals surface area (Å²) in [6.07, 6.45) is 2.93. The van der Waals surface area contributed by atoms with Crippen molar-refractivity contribution in [3.05, 3.63) is 0 Å². The number of hydrogen-bond acceptors (Lipinski definition) is 3. The maximum absolute atomic E-state index is 11.6. The van der Waals surface area contributed by atoms with Crippen LogP contribution < -0.4 is 11.1 Å². The Balaban J connectivity index is 2.08. The van der Waals surface area contributed by atoms with Crippen LogP contribution in [0.25, 0.3) is 0 Å². The number of amides is 1. The molecule has 1 heterocycles. The van der Waals surface area contributed by atoms with E-state index in [1.165, 1.54) is 12.8 Å². The maximum Gasteiger partial charge on any atom is 0.223 e. The number of nitrogens with zero attached hydrogens (tertiary/aromatic N) is 1. The second-order valence-electron chi connectivity index (χ2n) is 3.93. The molecule has 1 atom stereocenters. The molecular formula is C10H21N3O. The molecular weight excluding hydrogens is 178 g/mol. The second kappa shape index (κ2) is 5.98. The van der Waals surface area contributed by atoms with Crippen molar-refractivity contribution in [1.82, 2.24) is 10.2 Å². The van der Waals surface area contributed by atoms with E-state index >= 15 is 0 Å². The molecule has 1 aliphatic heterocycles. The highest BCUT2D eigenvalue weighted by atomic mass is 16.2. The van der Waals surface area contributed by atoms with Crippen LogP contribution in [0.3, 0.4) is 0 Å². The van der Waals surface area contributed by atoms with Gasteiger partial charge in [-0.15, -0.1) is 0 Å². The van der Waals surface area contributed by atoms with Gasteiger partial charge in [0.05, 0.1) is 0 Å². The molecule has 0 aromatic rings. The fourth-order valence-corrected chi connectivity index (χ4v) is 1.63. The zero-order chi connectivity index (χ0) is 10.4. The lowest BCUT2D eigenvalue weighted by Crippen LogP contribution is -2.36. The number of likely N-dealkylation sites (tertiary alicyclic amines) is 1. The van der Waals surface area contributed by atoms with Gasteiger partial charge in [-0.3, -0.25) is 4.79 Å². The van der Waals surface area contributed by atoms with E-state index in [0.29, 0.717) is 19.0 Å². The number of nitrogens with one attached hydrogen (secondary N) is 1. The Labute approximate surface area is 85.8 Å². The first-order valence-corrected chi connectivity index (χ1v) is 5.45. The molecule has 0 aromatic carbocycles. The van der Waals surface area contributed by atoms with Crippen molar-refractivity contribution in [3.63, 3.8) is 0 Å². The number of carbonyl (C=O) groups excluding carboxylic acids is 1. The van der Waals surface area contributed by atoms with Gasteiger partial charge in [0.25, 0.3) is 0 Å². The fourth-order valence-electron chi connectivity index (χ4n) is 1.63. The van der Waals surface area contributed by atoms with Gasteiger partial charge in [0.1, 0.15) is 0 Å². The number of nitrogens with two attached hydrogens (primary N) is 1. The van der Waals surface area contributed by atoms with E-state index in [2.05, 4.69) is 5.32 Å². The standard InChI is InChI=1S/C10H21N3O/c1-9(8-11)12-5-4-10(14)13-6-2-3-7-13/h9,12H,2-8,11H2,1H3. The molecule has 3 N–H and O–H groups in total. The van der Waals surface area contributed by atoms with Crippen LogP contribution in [-0.2, 0) is 4.79 Å². The summed E-state index contributed by atoms with van der Waals surface area (Å²) in [5.41, 5.74) is 5.45.